The molecule has 0 atom stereocenters. The molecule has 156 valence electrons. The van der Waals surface area contributed by atoms with E-state index in [4.69, 9.17) is 14.2 Å². The third kappa shape index (κ3) is 4.88. The molecule has 0 saturated carbocycles. The summed E-state index contributed by atoms with van der Waals surface area (Å²) in [4.78, 5) is 28.1. The van der Waals surface area contributed by atoms with Gasteiger partial charge in [-0.25, -0.2) is 14.6 Å². The zero-order chi connectivity index (χ0) is 21.7. The molecule has 0 radical (unpaired) electrons. The first-order valence-electron chi connectivity index (χ1n) is 9.17. The normalized spacial score (nSPS) is 14.3. The van der Waals surface area contributed by atoms with Crippen molar-refractivity contribution in [2.24, 2.45) is 4.99 Å². The van der Waals surface area contributed by atoms with E-state index in [1.165, 1.54) is 7.11 Å². The van der Waals surface area contributed by atoms with Crippen LogP contribution in [-0.4, -0.2) is 38.2 Å². The van der Waals surface area contributed by atoms with E-state index >= 15 is 0 Å². The lowest BCUT2D eigenvalue weighted by Crippen LogP contribution is -2.13. The van der Waals surface area contributed by atoms with Crippen LogP contribution < -0.4 is 9.47 Å². The van der Waals surface area contributed by atoms with Crippen LogP contribution in [-0.2, 0) is 19.1 Å². The number of nitrogens with zero attached hydrogens (tertiary/aromatic N) is 1. The van der Waals surface area contributed by atoms with Crippen molar-refractivity contribution in [3.05, 3.63) is 63.3 Å². The van der Waals surface area contributed by atoms with E-state index in [1.54, 1.807) is 18.2 Å². The van der Waals surface area contributed by atoms with Crippen LogP contribution in [0.3, 0.4) is 0 Å². The minimum absolute atomic E-state index is 0.172. The fraction of sp³-hybridized carbons (Fsp3) is 0.227. The lowest BCUT2D eigenvalue weighted by atomic mass is 10.1. The van der Waals surface area contributed by atoms with Crippen LogP contribution in [0.5, 0.6) is 11.5 Å². The summed E-state index contributed by atoms with van der Waals surface area (Å²) in [6, 6.07) is 11.0. The van der Waals surface area contributed by atoms with E-state index in [0.29, 0.717) is 28.1 Å². The number of benzene rings is 2. The average Bonchev–Trinajstić information content (AvgIpc) is 3.07. The first-order chi connectivity index (χ1) is 14.4. The minimum Gasteiger partial charge on any atom is -0.490 e. The van der Waals surface area contributed by atoms with Crippen LogP contribution in [0.25, 0.3) is 6.08 Å². The summed E-state index contributed by atoms with van der Waals surface area (Å²) in [5.74, 6) is 0.00162. The van der Waals surface area contributed by atoms with Crippen LogP contribution in [0.4, 0.5) is 0 Å². The van der Waals surface area contributed by atoms with Crippen molar-refractivity contribution < 1.29 is 28.5 Å². The number of ether oxygens (including phenoxy) is 4. The summed E-state index contributed by atoms with van der Waals surface area (Å²) >= 11 is 3.42. The molecule has 0 N–H and O–H groups in total. The molecule has 8 heteroatoms. The predicted molar refractivity (Wildman–Crippen MR) is 115 cm³/mol. The SMILES string of the molecule is CCOc1cc(/C=C2\N=C(c3ccccc3C)OC2=O)cc(Br)c1OCC(=O)OC. The van der Waals surface area contributed by atoms with Gasteiger partial charge in [-0.05, 0) is 65.2 Å². The molecule has 30 heavy (non-hydrogen) atoms. The Labute approximate surface area is 182 Å². The standard InChI is InChI=1S/C22H20BrNO6/c1-4-28-18-11-14(9-16(23)20(18)29-12-19(25)27-3)10-17-22(26)30-21(24-17)15-8-6-5-7-13(15)2/h5-11H,4,12H2,1-3H3/b17-10-. The number of rotatable bonds is 7. The Kier molecular flexibility index (Phi) is 6.89. The van der Waals surface area contributed by atoms with Crippen molar-refractivity contribution in [1.82, 2.24) is 0 Å². The highest BCUT2D eigenvalue weighted by atomic mass is 79.9. The summed E-state index contributed by atoms with van der Waals surface area (Å²) in [6.07, 6.45) is 1.60. The molecule has 1 aliphatic heterocycles. The zero-order valence-electron chi connectivity index (χ0n) is 16.7. The second-order valence-corrected chi connectivity index (χ2v) is 7.13. The van der Waals surface area contributed by atoms with E-state index in [9.17, 15) is 9.59 Å². The average molecular weight is 474 g/mol. The van der Waals surface area contributed by atoms with Crippen molar-refractivity contribution in [3.8, 4) is 11.5 Å². The number of halogens is 1. The fourth-order valence-electron chi connectivity index (χ4n) is 2.76. The Morgan fingerprint density at radius 3 is 2.70 bits per heavy atom. The number of carbonyl (C=O) groups is 2. The Hall–Kier alpha value is -3.13. The van der Waals surface area contributed by atoms with Crippen LogP contribution in [0.1, 0.15) is 23.6 Å². The maximum atomic E-state index is 12.3. The quantitative estimate of drug-likeness (QED) is 0.445. The van der Waals surface area contributed by atoms with E-state index < -0.39 is 11.9 Å². The van der Waals surface area contributed by atoms with Crippen molar-refractivity contribution in [2.45, 2.75) is 13.8 Å². The first-order valence-corrected chi connectivity index (χ1v) is 9.96. The minimum atomic E-state index is -0.534. The highest BCUT2D eigenvalue weighted by molar-refractivity contribution is 9.10. The van der Waals surface area contributed by atoms with Gasteiger partial charge < -0.3 is 18.9 Å². The zero-order valence-corrected chi connectivity index (χ0v) is 18.3. The summed E-state index contributed by atoms with van der Waals surface area (Å²) < 4.78 is 21.6. The summed E-state index contributed by atoms with van der Waals surface area (Å²) in [7, 11) is 1.28. The monoisotopic (exact) mass is 473 g/mol. The first kappa shape index (κ1) is 21.6. The van der Waals surface area contributed by atoms with E-state index in [-0.39, 0.29) is 18.2 Å². The van der Waals surface area contributed by atoms with Gasteiger partial charge in [-0.15, -0.1) is 0 Å². The van der Waals surface area contributed by atoms with Gasteiger partial charge in [0, 0.05) is 5.56 Å². The molecule has 1 aliphatic rings. The molecule has 0 amide bonds. The molecule has 2 aromatic rings. The van der Waals surface area contributed by atoms with Gasteiger partial charge in [-0.1, -0.05) is 18.2 Å². The highest BCUT2D eigenvalue weighted by Crippen LogP contribution is 2.38. The number of aliphatic imine (C=N–C) groups is 1. The van der Waals surface area contributed by atoms with Crippen molar-refractivity contribution in [2.75, 3.05) is 20.3 Å². The maximum Gasteiger partial charge on any atom is 0.363 e. The lowest BCUT2D eigenvalue weighted by Gasteiger charge is -2.14. The van der Waals surface area contributed by atoms with Gasteiger partial charge >= 0.3 is 11.9 Å². The number of carbonyl (C=O) groups excluding carboxylic acids is 2. The van der Waals surface area contributed by atoms with Gasteiger partial charge in [-0.2, -0.15) is 0 Å². The van der Waals surface area contributed by atoms with E-state index in [1.807, 2.05) is 38.1 Å². The van der Waals surface area contributed by atoms with Gasteiger partial charge in [0.1, 0.15) is 0 Å². The number of hydrogen-bond acceptors (Lipinski definition) is 7. The summed E-state index contributed by atoms with van der Waals surface area (Å²) in [5, 5.41) is 0. The lowest BCUT2D eigenvalue weighted by molar-refractivity contribution is -0.143. The Morgan fingerprint density at radius 1 is 1.23 bits per heavy atom. The molecule has 7 nitrogen and oxygen atoms in total. The molecule has 0 aliphatic carbocycles. The van der Waals surface area contributed by atoms with Gasteiger partial charge in [0.2, 0.25) is 5.90 Å². The molecule has 0 spiro atoms. The smallest absolute Gasteiger partial charge is 0.363 e. The van der Waals surface area contributed by atoms with Gasteiger partial charge in [0.05, 0.1) is 18.2 Å². The largest absolute Gasteiger partial charge is 0.490 e. The molecular formula is C22H20BrNO6. The van der Waals surface area contributed by atoms with Gasteiger partial charge in [0.15, 0.2) is 23.8 Å². The van der Waals surface area contributed by atoms with E-state index in [0.717, 1.165) is 11.1 Å². The van der Waals surface area contributed by atoms with Crippen LogP contribution in [0.2, 0.25) is 0 Å². The van der Waals surface area contributed by atoms with Gasteiger partial charge in [-0.3, -0.25) is 0 Å². The topological polar surface area (TPSA) is 83.4 Å². The molecule has 0 aromatic heterocycles. The molecule has 0 bridgehead atoms. The number of aryl methyl sites for hydroxylation is 1. The second kappa shape index (κ2) is 9.58. The van der Waals surface area contributed by atoms with Crippen LogP contribution in [0, 0.1) is 6.92 Å². The van der Waals surface area contributed by atoms with Crippen molar-refractivity contribution in [3.63, 3.8) is 0 Å². The Bertz CT molecular complexity index is 1040. The van der Waals surface area contributed by atoms with Gasteiger partial charge in [0.25, 0.3) is 0 Å². The Morgan fingerprint density at radius 2 is 2.00 bits per heavy atom. The van der Waals surface area contributed by atoms with Crippen LogP contribution in [0.15, 0.2) is 51.6 Å². The summed E-state index contributed by atoms with van der Waals surface area (Å²) in [5.41, 5.74) is 2.54. The molecule has 2 aromatic carbocycles. The molecule has 0 saturated heterocycles. The number of esters is 2. The highest BCUT2D eigenvalue weighted by Gasteiger charge is 2.25. The molecular weight excluding hydrogens is 454 g/mol. The Balaban J connectivity index is 1.93. The third-order valence-electron chi connectivity index (χ3n) is 4.19. The summed E-state index contributed by atoms with van der Waals surface area (Å²) in [6.45, 7) is 3.88. The molecule has 1 heterocycles. The number of hydrogen-bond donors (Lipinski definition) is 0. The van der Waals surface area contributed by atoms with E-state index in [2.05, 4.69) is 25.7 Å². The second-order valence-electron chi connectivity index (χ2n) is 6.28. The molecule has 3 rings (SSSR count). The van der Waals surface area contributed by atoms with Crippen molar-refractivity contribution in [1.29, 1.82) is 0 Å². The fourth-order valence-corrected chi connectivity index (χ4v) is 3.33. The number of cyclic esters (lactones) is 1. The van der Waals surface area contributed by atoms with Crippen LogP contribution >= 0.6 is 15.9 Å². The maximum absolute atomic E-state index is 12.3. The van der Waals surface area contributed by atoms with Crippen molar-refractivity contribution >= 4 is 39.8 Å². The molecule has 0 fully saturated rings. The molecule has 0 unspecified atom stereocenters. The number of methoxy groups -OCH3 is 1. The predicted octanol–water partition coefficient (Wildman–Crippen LogP) is 4.05. The third-order valence-corrected chi connectivity index (χ3v) is 4.78.